The van der Waals surface area contributed by atoms with Gasteiger partial charge in [0, 0.05) is 0 Å². The van der Waals surface area contributed by atoms with Crippen LogP contribution in [0.2, 0.25) is 0 Å². The van der Waals surface area contributed by atoms with Gasteiger partial charge in [-0.15, -0.1) is 0 Å². The van der Waals surface area contributed by atoms with Crippen molar-refractivity contribution in [3.8, 4) is 0 Å². The van der Waals surface area contributed by atoms with Gasteiger partial charge >= 0.3 is 75.8 Å². The third-order valence-corrected chi connectivity index (χ3v) is 0. The average Bonchev–Trinajstić information content (AvgIpc) is 0. The maximum atomic E-state index is 0. The van der Waals surface area contributed by atoms with E-state index in [2.05, 4.69) is 0 Å². The van der Waals surface area contributed by atoms with Gasteiger partial charge in [-0.25, -0.2) is 0 Å². The van der Waals surface area contributed by atoms with Crippen molar-refractivity contribution in [2.75, 3.05) is 0 Å². The van der Waals surface area contributed by atoms with Gasteiger partial charge in [0.05, 0.1) is 0 Å². The van der Waals surface area contributed by atoms with Gasteiger partial charge in [0.2, 0.25) is 0 Å². The second kappa shape index (κ2) is 127. The molecule has 0 radical (unpaired) electrons. The van der Waals surface area contributed by atoms with Gasteiger partial charge in [0.1, 0.15) is 0 Å². The molecular weight excluding hydrogens is 257 g/mol. The summed E-state index contributed by atoms with van der Waals surface area (Å²) in [6, 6.07) is 0. The third-order valence-electron chi connectivity index (χ3n) is 0. The van der Waals surface area contributed by atoms with Crippen LogP contribution in [-0.2, 0) is 0 Å². The molecule has 0 aliphatic rings. The molecule has 8 heteroatoms. The first-order valence-corrected chi connectivity index (χ1v) is 0. The molecule has 0 aromatic carbocycles. The van der Waals surface area contributed by atoms with Crippen LogP contribution in [0.3, 0.4) is 0 Å². The summed E-state index contributed by atoms with van der Waals surface area (Å²) in [6.45, 7) is 0. The molecule has 6 N–H and O–H groups in total. The van der Waals surface area contributed by atoms with Crippen molar-refractivity contribution in [1.82, 2.24) is 0 Å². The minimum atomic E-state index is 0. The second-order valence-electron chi connectivity index (χ2n) is 0. The predicted octanol–water partition coefficient (Wildman–Crippen LogP) is -4.44. The van der Waals surface area contributed by atoms with Crippen LogP contribution in [0.1, 0.15) is 0 Å². The van der Waals surface area contributed by atoms with Crippen LogP contribution in [0.15, 0.2) is 0 Å². The molecule has 8 heavy (non-hydrogen) atoms. The van der Waals surface area contributed by atoms with Gasteiger partial charge in [0.25, 0.3) is 0 Å². The minimum Gasteiger partial charge on any atom is -0.870 e. The quantitative estimate of drug-likeness (QED) is 0.397. The van der Waals surface area contributed by atoms with E-state index in [1.54, 1.807) is 0 Å². The maximum absolute atomic E-state index is 0. The van der Waals surface area contributed by atoms with E-state index in [1.807, 2.05) is 0 Å². The van der Waals surface area contributed by atoms with E-state index < -0.39 is 0 Å². The molecule has 0 aliphatic carbocycles. The SMILES string of the molecule is [K+].[OH-].[OH-].[OH-].[OH-].[OH-].[OH-].[Sb+5]. The molecule has 0 unspecified atom stereocenters. The van der Waals surface area contributed by atoms with E-state index in [0.717, 1.165) is 0 Å². The molecule has 48 valence electrons. The van der Waals surface area contributed by atoms with Gasteiger partial charge < -0.3 is 32.9 Å². The van der Waals surface area contributed by atoms with Crippen molar-refractivity contribution in [2.24, 2.45) is 0 Å². The first-order chi connectivity index (χ1) is 0. The van der Waals surface area contributed by atoms with Crippen LogP contribution in [-0.4, -0.2) is 57.3 Å². The molecule has 0 aromatic heterocycles. The molecule has 0 rings (SSSR count). The normalized spacial score (nSPS) is 0. The predicted molar refractivity (Wildman–Crippen MR) is 17.4 cm³/mol. The Kier molecular flexibility index (Phi) is 2800. The molecule has 0 heterocycles. The van der Waals surface area contributed by atoms with E-state index in [-0.39, 0.29) is 109 Å². The zero-order chi connectivity index (χ0) is 0. The Morgan fingerprint density at radius 2 is 0.375 bits per heavy atom. The van der Waals surface area contributed by atoms with Crippen LogP contribution in [0, 0.1) is 0 Å². The molecular formula is H6KO6Sb. The number of rotatable bonds is 0. The van der Waals surface area contributed by atoms with E-state index >= 15 is 0 Å². The topological polar surface area (TPSA) is 180 Å². The van der Waals surface area contributed by atoms with Gasteiger partial charge in [-0.1, -0.05) is 0 Å². The van der Waals surface area contributed by atoms with Gasteiger partial charge in [-0.05, 0) is 0 Å². The van der Waals surface area contributed by atoms with E-state index in [0.29, 0.717) is 0 Å². The van der Waals surface area contributed by atoms with Gasteiger partial charge in [-0.2, -0.15) is 0 Å². The Bertz CT molecular complexity index is 8.49. The molecule has 0 bridgehead atoms. The Labute approximate surface area is 107 Å². The van der Waals surface area contributed by atoms with Gasteiger partial charge in [-0.3, -0.25) is 0 Å². The van der Waals surface area contributed by atoms with Crippen LogP contribution in [0.4, 0.5) is 0 Å². The molecule has 0 saturated carbocycles. The molecule has 0 aliphatic heterocycles. The smallest absolute Gasteiger partial charge is 0.870 e. The molecule has 0 aromatic rings. The summed E-state index contributed by atoms with van der Waals surface area (Å²) in [5.74, 6) is 0. The first kappa shape index (κ1) is 177. The average molecular weight is 263 g/mol. The van der Waals surface area contributed by atoms with Crippen molar-refractivity contribution < 1.29 is 84.2 Å². The Balaban J connectivity index is 0. The summed E-state index contributed by atoms with van der Waals surface area (Å²) in [6.07, 6.45) is 0. The Hall–Kier alpha value is 2.21. The standard InChI is InChI=1S/K.6H2O.Sb/h;6*1H2;/q+1;;;;;;;+5/p-6. The van der Waals surface area contributed by atoms with Crippen molar-refractivity contribution >= 4 is 24.4 Å². The van der Waals surface area contributed by atoms with E-state index in [1.165, 1.54) is 0 Å². The Morgan fingerprint density at radius 3 is 0.375 bits per heavy atom. The molecule has 0 fully saturated rings. The third kappa shape index (κ3) is 87.2. The summed E-state index contributed by atoms with van der Waals surface area (Å²) >= 11 is 0. The zero-order valence-electron chi connectivity index (χ0n) is 4.13. The summed E-state index contributed by atoms with van der Waals surface area (Å²) in [4.78, 5) is 0. The summed E-state index contributed by atoms with van der Waals surface area (Å²) < 4.78 is 0. The van der Waals surface area contributed by atoms with Crippen LogP contribution < -0.4 is 51.4 Å². The number of hydrogen-bond donors (Lipinski definition) is 0. The summed E-state index contributed by atoms with van der Waals surface area (Å²) in [5.41, 5.74) is 0. The molecule has 0 spiro atoms. The van der Waals surface area contributed by atoms with Gasteiger partial charge in [0.15, 0.2) is 0 Å². The molecule has 0 saturated heterocycles. The van der Waals surface area contributed by atoms with Crippen molar-refractivity contribution in [2.45, 2.75) is 0 Å². The molecule has 0 amide bonds. The van der Waals surface area contributed by atoms with Crippen molar-refractivity contribution in [1.29, 1.82) is 0 Å². The maximum Gasteiger partial charge on any atom is 5.00 e. The summed E-state index contributed by atoms with van der Waals surface area (Å²) in [7, 11) is 0. The van der Waals surface area contributed by atoms with E-state index in [4.69, 9.17) is 0 Å². The van der Waals surface area contributed by atoms with Crippen LogP contribution in [0.25, 0.3) is 0 Å². The zero-order valence-corrected chi connectivity index (χ0v) is 9.81. The van der Waals surface area contributed by atoms with Crippen LogP contribution in [0.5, 0.6) is 0 Å². The second-order valence-corrected chi connectivity index (χ2v) is 0. The fourth-order valence-electron chi connectivity index (χ4n) is 0. The Morgan fingerprint density at radius 1 is 0.375 bits per heavy atom. The van der Waals surface area contributed by atoms with Crippen molar-refractivity contribution in [3.05, 3.63) is 0 Å². The monoisotopic (exact) mass is 262 g/mol. The van der Waals surface area contributed by atoms with Crippen LogP contribution >= 0.6 is 0 Å². The minimum absolute atomic E-state index is 0. The summed E-state index contributed by atoms with van der Waals surface area (Å²) in [5, 5.41) is 0. The first-order valence-electron chi connectivity index (χ1n) is 0. The molecule has 0 atom stereocenters. The molecule has 6 nitrogen and oxygen atoms in total. The fraction of sp³-hybridized carbons (Fsp3) is 0. The number of hydrogen-bond acceptors (Lipinski definition) is 6. The largest absolute Gasteiger partial charge is 5.00 e. The van der Waals surface area contributed by atoms with E-state index in [9.17, 15) is 0 Å². The fourth-order valence-corrected chi connectivity index (χ4v) is 0. The van der Waals surface area contributed by atoms with Crippen molar-refractivity contribution in [3.63, 3.8) is 0 Å².